The zero-order chi connectivity index (χ0) is 19.2. The van der Waals surface area contributed by atoms with Crippen LogP contribution in [-0.4, -0.2) is 69.4 Å². The third-order valence-electron chi connectivity index (χ3n) is 4.12. The fourth-order valence-electron chi connectivity index (χ4n) is 2.84. The van der Waals surface area contributed by atoms with Crippen molar-refractivity contribution in [1.82, 2.24) is 14.5 Å². The molecule has 0 saturated carbocycles. The molecule has 146 valence electrons. The average Bonchev–Trinajstić information content (AvgIpc) is 2.62. The normalized spacial score (nSPS) is 15.5. The van der Waals surface area contributed by atoms with E-state index in [0.717, 1.165) is 13.1 Å². The number of benzene rings is 1. The quantitative estimate of drug-likeness (QED) is 0.729. The first-order valence-electron chi connectivity index (χ1n) is 9.06. The van der Waals surface area contributed by atoms with E-state index in [-0.39, 0.29) is 23.3 Å². The van der Waals surface area contributed by atoms with Gasteiger partial charge in [0.05, 0.1) is 18.0 Å². The van der Waals surface area contributed by atoms with Gasteiger partial charge in [0, 0.05) is 32.7 Å². The van der Waals surface area contributed by atoms with Crippen molar-refractivity contribution >= 4 is 15.9 Å². The van der Waals surface area contributed by atoms with E-state index in [1.165, 1.54) is 16.4 Å². The maximum absolute atomic E-state index is 13.1. The van der Waals surface area contributed by atoms with Crippen molar-refractivity contribution < 1.29 is 17.9 Å². The van der Waals surface area contributed by atoms with Crippen molar-refractivity contribution in [2.75, 3.05) is 45.9 Å². The minimum Gasteiger partial charge on any atom is -0.494 e. The summed E-state index contributed by atoms with van der Waals surface area (Å²) in [5.41, 5.74) is 0. The van der Waals surface area contributed by atoms with E-state index < -0.39 is 10.0 Å². The van der Waals surface area contributed by atoms with Gasteiger partial charge in [-0.25, -0.2) is 8.42 Å². The third kappa shape index (κ3) is 5.43. The number of carbonyl (C=O) groups is 1. The Hall–Kier alpha value is -1.64. The highest BCUT2D eigenvalue weighted by Crippen LogP contribution is 2.21. The Kier molecular flexibility index (Phi) is 7.43. The monoisotopic (exact) mass is 383 g/mol. The lowest BCUT2D eigenvalue weighted by molar-refractivity contribution is -0.132. The highest BCUT2D eigenvalue weighted by atomic mass is 32.2. The van der Waals surface area contributed by atoms with Crippen molar-refractivity contribution in [2.24, 2.45) is 5.92 Å². The maximum atomic E-state index is 13.1. The van der Waals surface area contributed by atoms with Crippen molar-refractivity contribution in [2.45, 2.75) is 25.7 Å². The second kappa shape index (κ2) is 9.34. The molecule has 1 aliphatic rings. The van der Waals surface area contributed by atoms with Crippen LogP contribution in [0.15, 0.2) is 29.2 Å². The smallest absolute Gasteiger partial charge is 0.243 e. The first-order chi connectivity index (χ1) is 12.3. The number of carbonyl (C=O) groups excluding carboxylic acids is 1. The molecule has 0 spiro atoms. The minimum atomic E-state index is -3.75. The van der Waals surface area contributed by atoms with E-state index in [0.29, 0.717) is 32.0 Å². The summed E-state index contributed by atoms with van der Waals surface area (Å²) in [7, 11) is -3.75. The van der Waals surface area contributed by atoms with Gasteiger partial charge in [0.25, 0.3) is 0 Å². The number of hydrogen-bond acceptors (Lipinski definition) is 5. The van der Waals surface area contributed by atoms with Gasteiger partial charge in [0.15, 0.2) is 0 Å². The molecule has 0 radical (unpaired) electrons. The van der Waals surface area contributed by atoms with Crippen LogP contribution in [0.1, 0.15) is 20.8 Å². The fourth-order valence-corrected chi connectivity index (χ4v) is 4.40. The van der Waals surface area contributed by atoms with Crippen molar-refractivity contribution in [3.05, 3.63) is 24.3 Å². The molecule has 2 rings (SSSR count). The van der Waals surface area contributed by atoms with E-state index >= 15 is 0 Å². The summed E-state index contributed by atoms with van der Waals surface area (Å²) in [6, 6.07) is 6.34. The number of ether oxygens (including phenoxy) is 1. The molecule has 26 heavy (non-hydrogen) atoms. The predicted octanol–water partition coefficient (Wildman–Crippen LogP) is 1.16. The Balaban J connectivity index is 2.18. The summed E-state index contributed by atoms with van der Waals surface area (Å²) >= 11 is 0. The van der Waals surface area contributed by atoms with Crippen LogP contribution in [0.3, 0.4) is 0 Å². The van der Waals surface area contributed by atoms with Crippen LogP contribution in [0.25, 0.3) is 0 Å². The number of hydrogen-bond donors (Lipinski definition) is 1. The lowest BCUT2D eigenvalue weighted by Crippen LogP contribution is -2.50. The number of rotatable bonds is 8. The van der Waals surface area contributed by atoms with Crippen LogP contribution in [0.2, 0.25) is 0 Å². The SMILES string of the molecule is CCOc1ccc(S(=O)(=O)N(CC(=O)N2CCNCC2)CC(C)C)cc1. The van der Waals surface area contributed by atoms with Crippen LogP contribution >= 0.6 is 0 Å². The standard InChI is InChI=1S/C18H29N3O4S/c1-4-25-16-5-7-17(8-6-16)26(23,24)21(13-15(2)3)14-18(22)20-11-9-19-10-12-20/h5-8,15,19H,4,9-14H2,1-3H3. The molecule has 1 fully saturated rings. The lowest BCUT2D eigenvalue weighted by Gasteiger charge is -2.30. The molecular formula is C18H29N3O4S. The first-order valence-corrected chi connectivity index (χ1v) is 10.5. The van der Waals surface area contributed by atoms with E-state index in [9.17, 15) is 13.2 Å². The van der Waals surface area contributed by atoms with E-state index in [1.54, 1.807) is 17.0 Å². The summed E-state index contributed by atoms with van der Waals surface area (Å²) in [6.45, 7) is 9.13. The van der Waals surface area contributed by atoms with Crippen molar-refractivity contribution in [3.63, 3.8) is 0 Å². The largest absolute Gasteiger partial charge is 0.494 e. The molecule has 1 aromatic carbocycles. The molecular weight excluding hydrogens is 354 g/mol. The van der Waals surface area contributed by atoms with Crippen molar-refractivity contribution in [1.29, 1.82) is 0 Å². The summed E-state index contributed by atoms with van der Waals surface area (Å²) in [4.78, 5) is 14.5. The van der Waals surface area contributed by atoms with Crippen LogP contribution in [0.5, 0.6) is 5.75 Å². The summed E-state index contributed by atoms with van der Waals surface area (Å²) < 4.78 is 32.8. The molecule has 0 bridgehead atoms. The summed E-state index contributed by atoms with van der Waals surface area (Å²) in [5, 5.41) is 3.19. The number of nitrogens with zero attached hydrogens (tertiary/aromatic N) is 2. The van der Waals surface area contributed by atoms with E-state index in [2.05, 4.69) is 5.32 Å². The van der Waals surface area contributed by atoms with Gasteiger partial charge in [-0.05, 0) is 37.1 Å². The van der Waals surface area contributed by atoms with Gasteiger partial charge in [0.2, 0.25) is 15.9 Å². The Morgan fingerprint density at radius 2 is 1.85 bits per heavy atom. The Bertz CT molecular complexity index is 683. The third-order valence-corrected chi connectivity index (χ3v) is 5.95. The van der Waals surface area contributed by atoms with Crippen molar-refractivity contribution in [3.8, 4) is 5.75 Å². The minimum absolute atomic E-state index is 0.114. The average molecular weight is 384 g/mol. The number of piperazine rings is 1. The molecule has 1 aliphatic heterocycles. The second-order valence-electron chi connectivity index (χ2n) is 6.73. The topological polar surface area (TPSA) is 79.0 Å². The Morgan fingerprint density at radius 1 is 1.23 bits per heavy atom. The molecule has 0 aliphatic carbocycles. The highest BCUT2D eigenvalue weighted by Gasteiger charge is 2.29. The van der Waals surface area contributed by atoms with Gasteiger partial charge in [-0.2, -0.15) is 4.31 Å². The molecule has 0 atom stereocenters. The molecule has 1 amide bonds. The van der Waals surface area contributed by atoms with Gasteiger partial charge in [0.1, 0.15) is 5.75 Å². The zero-order valence-corrected chi connectivity index (χ0v) is 16.6. The molecule has 1 N–H and O–H groups in total. The molecule has 0 unspecified atom stereocenters. The van der Waals surface area contributed by atoms with Crippen LogP contribution in [0, 0.1) is 5.92 Å². The van der Waals surface area contributed by atoms with Gasteiger partial charge in [-0.3, -0.25) is 4.79 Å². The van der Waals surface area contributed by atoms with E-state index in [4.69, 9.17) is 4.74 Å². The lowest BCUT2D eigenvalue weighted by atomic mass is 10.2. The van der Waals surface area contributed by atoms with E-state index in [1.807, 2.05) is 20.8 Å². The summed E-state index contributed by atoms with van der Waals surface area (Å²) in [5.74, 6) is 0.587. The summed E-state index contributed by atoms with van der Waals surface area (Å²) in [6.07, 6.45) is 0. The van der Waals surface area contributed by atoms with Crippen LogP contribution in [0.4, 0.5) is 0 Å². The van der Waals surface area contributed by atoms with Gasteiger partial charge < -0.3 is 15.0 Å². The fraction of sp³-hybridized carbons (Fsp3) is 0.611. The highest BCUT2D eigenvalue weighted by molar-refractivity contribution is 7.89. The number of nitrogens with one attached hydrogen (secondary N) is 1. The Morgan fingerprint density at radius 3 is 2.38 bits per heavy atom. The molecule has 1 saturated heterocycles. The zero-order valence-electron chi connectivity index (χ0n) is 15.8. The number of amides is 1. The van der Waals surface area contributed by atoms with Gasteiger partial charge in [-0.1, -0.05) is 13.8 Å². The van der Waals surface area contributed by atoms with Crippen LogP contribution < -0.4 is 10.1 Å². The molecule has 1 heterocycles. The molecule has 8 heteroatoms. The van der Waals surface area contributed by atoms with Crippen LogP contribution in [-0.2, 0) is 14.8 Å². The molecule has 7 nitrogen and oxygen atoms in total. The molecule has 1 aromatic rings. The second-order valence-corrected chi connectivity index (χ2v) is 8.66. The molecule has 0 aromatic heterocycles. The van der Waals surface area contributed by atoms with Gasteiger partial charge in [-0.15, -0.1) is 0 Å². The predicted molar refractivity (Wildman–Crippen MR) is 101 cm³/mol. The maximum Gasteiger partial charge on any atom is 0.243 e. The number of sulfonamides is 1. The first kappa shape index (κ1) is 20.7. The van der Waals surface area contributed by atoms with Gasteiger partial charge >= 0.3 is 0 Å². The Labute approximate surface area is 156 Å².